The van der Waals surface area contributed by atoms with Crippen LogP contribution in [0.1, 0.15) is 11.1 Å². The van der Waals surface area contributed by atoms with Crippen LogP contribution in [0.4, 0.5) is 0 Å². The highest BCUT2D eigenvalue weighted by molar-refractivity contribution is 7.57. The Morgan fingerprint density at radius 1 is 0.471 bits per heavy atom. The fourth-order valence-electron chi connectivity index (χ4n) is 6.42. The number of nitrogens with two attached hydrogens (primary N) is 4. The van der Waals surface area contributed by atoms with Crippen molar-refractivity contribution in [3.05, 3.63) is 120 Å². The molecule has 0 aromatic heterocycles. The predicted octanol–water partition coefficient (Wildman–Crippen LogP) is -0.464. The van der Waals surface area contributed by atoms with Crippen molar-refractivity contribution in [2.45, 2.75) is 13.1 Å². The highest BCUT2D eigenvalue weighted by Gasteiger charge is 2.12. The van der Waals surface area contributed by atoms with Gasteiger partial charge in [0.05, 0.1) is 28.7 Å². The molecule has 0 bridgehead atoms. The van der Waals surface area contributed by atoms with E-state index < -0.39 is 15.6 Å². The molecule has 13 nitrogen and oxygen atoms in total. The van der Waals surface area contributed by atoms with E-state index in [1.54, 1.807) is 0 Å². The molecule has 0 atom stereocenters. The largest absolute Gasteiger partial charge is 0.790 e. The van der Waals surface area contributed by atoms with Crippen LogP contribution in [0, 0.1) is 0 Å². The lowest BCUT2D eigenvalue weighted by atomic mass is 9.92. The van der Waals surface area contributed by atoms with Crippen LogP contribution in [0.5, 0.6) is 0 Å². The summed E-state index contributed by atoms with van der Waals surface area (Å²) in [5, 5.41) is 15.5. The number of benzene rings is 8. The van der Waals surface area contributed by atoms with E-state index in [4.69, 9.17) is 22.9 Å². The molecular formula is C36H32N6O7P2-2. The quantitative estimate of drug-likeness (QED) is 0.0553. The van der Waals surface area contributed by atoms with Gasteiger partial charge in [0.25, 0.3) is 0 Å². The zero-order valence-corrected chi connectivity index (χ0v) is 28.7. The van der Waals surface area contributed by atoms with Crippen LogP contribution < -0.4 is 52.5 Å². The molecule has 8 aromatic rings. The molecule has 10 N–H and O–H groups in total. The van der Waals surface area contributed by atoms with Gasteiger partial charge < -0.3 is 33.0 Å². The number of hydrogen-bond acceptors (Lipinski definition) is 7. The van der Waals surface area contributed by atoms with Gasteiger partial charge in [0.1, 0.15) is 0 Å². The van der Waals surface area contributed by atoms with Gasteiger partial charge in [-0.3, -0.25) is 32.9 Å². The standard InChI is InChI=1S/2C18H15N3.H4O7P2/c2*19-18(20)21-10-14-7-6-13-5-4-11-2-1-3-12-8-9-15(14)17(13)16(11)12;1-8(2,3)7-9(4,5)6/h2*1-9H,10H2,(H4,19,20,21);(H2,1,2,3)(H2,4,5,6)/p-2. The van der Waals surface area contributed by atoms with Crippen molar-refractivity contribution in [2.24, 2.45) is 22.9 Å². The molecule has 15 heteroatoms. The normalized spacial score (nSPS) is 11.8. The third-order valence-corrected chi connectivity index (χ3v) is 10.0. The summed E-state index contributed by atoms with van der Waals surface area (Å²) in [5.74, 6) is 0.501. The monoisotopic (exact) mass is 722 g/mol. The summed E-state index contributed by atoms with van der Waals surface area (Å²) in [6.07, 6.45) is 0. The van der Waals surface area contributed by atoms with Crippen molar-refractivity contribution in [1.29, 1.82) is 0 Å². The molecule has 51 heavy (non-hydrogen) atoms. The minimum Gasteiger partial charge on any atom is -0.790 e. The van der Waals surface area contributed by atoms with E-state index in [1.807, 2.05) is 0 Å². The third-order valence-electron chi connectivity index (χ3n) is 8.40. The minimum absolute atomic E-state index is 0.251. The number of hydrogen-bond donors (Lipinski definition) is 6. The van der Waals surface area contributed by atoms with E-state index in [-0.39, 0.29) is 11.9 Å². The van der Waals surface area contributed by atoms with E-state index in [0.717, 1.165) is 0 Å². The predicted molar refractivity (Wildman–Crippen MR) is 193 cm³/mol. The molecule has 0 aliphatic heterocycles. The fraction of sp³-hybridized carbons (Fsp3) is 0.0556. The van der Waals surface area contributed by atoms with E-state index in [1.165, 1.54) is 75.8 Å². The molecule has 0 aliphatic carbocycles. The molecule has 0 saturated carbocycles. The van der Waals surface area contributed by atoms with Gasteiger partial charge in [-0.2, -0.15) is 0 Å². The third kappa shape index (κ3) is 8.01. The van der Waals surface area contributed by atoms with Crippen molar-refractivity contribution in [3.8, 4) is 0 Å². The summed E-state index contributed by atoms with van der Waals surface area (Å²) in [6, 6.07) is 39.0. The maximum atomic E-state index is 9.32. The first-order valence-electron chi connectivity index (χ1n) is 15.5. The smallest absolute Gasteiger partial charge is 0.339 e. The number of guanidine groups is 2. The number of phosphoric acid groups is 2. The highest BCUT2D eigenvalue weighted by Crippen LogP contribution is 2.42. The lowest BCUT2D eigenvalue weighted by molar-refractivity contribution is -0.477. The Morgan fingerprint density at radius 3 is 1.06 bits per heavy atom. The minimum atomic E-state index is -5.68. The lowest BCUT2D eigenvalue weighted by Gasteiger charge is -2.39. The SMILES string of the molecule is NC(N)=[NH+]Cc1ccc2ccc3cccc4ccc1c2c34.NC(N)=[NH+]Cc1ccc2ccc3cccc4ccc1c2c34.O=P([O-])([O-])OP(=O)([O-])[O-]. The molecule has 0 amide bonds. The van der Waals surface area contributed by atoms with Gasteiger partial charge in [-0.15, -0.1) is 0 Å². The first kappa shape index (κ1) is 35.5. The highest BCUT2D eigenvalue weighted by atomic mass is 31.3. The second kappa shape index (κ2) is 14.1. The van der Waals surface area contributed by atoms with Gasteiger partial charge in [0.2, 0.25) is 0 Å². The first-order chi connectivity index (χ1) is 24.2. The van der Waals surface area contributed by atoms with Crippen molar-refractivity contribution < 1.29 is 43.0 Å². The Morgan fingerprint density at radius 2 is 0.765 bits per heavy atom. The summed E-state index contributed by atoms with van der Waals surface area (Å²) in [5.41, 5.74) is 24.5. The molecule has 0 heterocycles. The summed E-state index contributed by atoms with van der Waals surface area (Å²) >= 11 is 0. The Hall–Kier alpha value is -5.36. The molecule has 8 rings (SSSR count). The van der Waals surface area contributed by atoms with E-state index in [9.17, 15) is 28.7 Å². The van der Waals surface area contributed by atoms with Gasteiger partial charge in [-0.05, 0) is 75.8 Å². The zero-order chi connectivity index (χ0) is 36.5. The summed E-state index contributed by atoms with van der Waals surface area (Å²) in [4.78, 5) is 43.3. The van der Waals surface area contributed by atoms with Gasteiger partial charge in [0, 0.05) is 0 Å². The number of rotatable bonds is 6. The maximum absolute atomic E-state index is 9.32. The Balaban J connectivity index is 0.000000143. The van der Waals surface area contributed by atoms with Crippen molar-refractivity contribution in [3.63, 3.8) is 0 Å². The molecule has 0 saturated heterocycles. The summed E-state index contributed by atoms with van der Waals surface area (Å²) in [6.45, 7) is 1.27. The van der Waals surface area contributed by atoms with Crippen LogP contribution in [0.2, 0.25) is 0 Å². The van der Waals surface area contributed by atoms with Gasteiger partial charge in [-0.25, -0.2) is 0 Å². The maximum Gasteiger partial charge on any atom is 0.339 e. The fourth-order valence-corrected chi connectivity index (χ4v) is 7.40. The Bertz CT molecular complexity index is 2470. The topological polar surface area (TPSA) is 268 Å². The first-order valence-corrected chi connectivity index (χ1v) is 18.4. The van der Waals surface area contributed by atoms with E-state index in [2.05, 4.69) is 123 Å². The van der Waals surface area contributed by atoms with Crippen LogP contribution >= 0.6 is 15.6 Å². The second-order valence-corrected chi connectivity index (χ2v) is 14.2. The van der Waals surface area contributed by atoms with E-state index >= 15 is 0 Å². The van der Waals surface area contributed by atoms with Crippen molar-refractivity contribution >= 4 is 92.2 Å². The average molecular weight is 723 g/mol. The Kier molecular flexibility index (Phi) is 9.81. The molecule has 0 radical (unpaired) electrons. The van der Waals surface area contributed by atoms with Crippen LogP contribution in [0.3, 0.4) is 0 Å². The van der Waals surface area contributed by atoms with Gasteiger partial charge >= 0.3 is 11.9 Å². The zero-order valence-electron chi connectivity index (χ0n) is 26.9. The lowest BCUT2D eigenvalue weighted by Crippen LogP contribution is -2.76. The molecule has 260 valence electrons. The van der Waals surface area contributed by atoms with Crippen LogP contribution in [-0.2, 0) is 26.5 Å². The molecular weight excluding hydrogens is 690 g/mol. The summed E-state index contributed by atoms with van der Waals surface area (Å²) < 4.78 is 21.2. The average Bonchev–Trinajstić information content (AvgIpc) is 3.07. The van der Waals surface area contributed by atoms with Gasteiger partial charge in [0.15, 0.2) is 0 Å². The molecule has 8 aromatic carbocycles. The van der Waals surface area contributed by atoms with E-state index in [0.29, 0.717) is 13.1 Å². The molecule has 0 spiro atoms. The molecule has 0 aliphatic rings. The van der Waals surface area contributed by atoms with Crippen LogP contribution in [0.25, 0.3) is 64.6 Å². The number of nitrogens with one attached hydrogen (secondary N) is 2. The van der Waals surface area contributed by atoms with Gasteiger partial charge in [-0.1, -0.05) is 109 Å². The Labute approximate surface area is 291 Å². The molecule has 0 fully saturated rings. The van der Waals surface area contributed by atoms with Crippen molar-refractivity contribution in [2.75, 3.05) is 0 Å². The summed E-state index contributed by atoms with van der Waals surface area (Å²) in [7, 11) is -11.4. The molecule has 0 unspecified atom stereocenters. The van der Waals surface area contributed by atoms with Crippen LogP contribution in [0.15, 0.2) is 109 Å². The van der Waals surface area contributed by atoms with Crippen LogP contribution in [-0.4, -0.2) is 11.9 Å². The van der Waals surface area contributed by atoms with Crippen molar-refractivity contribution in [1.82, 2.24) is 0 Å². The second-order valence-electron chi connectivity index (χ2n) is 11.8.